The molecule has 31 heavy (non-hydrogen) atoms. The van der Waals surface area contributed by atoms with Crippen molar-refractivity contribution < 1.29 is 4.79 Å². The van der Waals surface area contributed by atoms with Gasteiger partial charge in [0.25, 0.3) is 5.91 Å². The zero-order valence-corrected chi connectivity index (χ0v) is 18.7. The summed E-state index contributed by atoms with van der Waals surface area (Å²) in [6.07, 6.45) is 1.98. The number of halogens is 2. The molecule has 1 aliphatic rings. The summed E-state index contributed by atoms with van der Waals surface area (Å²) in [6, 6.07) is 25.4. The van der Waals surface area contributed by atoms with E-state index in [4.69, 9.17) is 23.2 Å². The van der Waals surface area contributed by atoms with Crippen LogP contribution in [0.5, 0.6) is 0 Å². The summed E-state index contributed by atoms with van der Waals surface area (Å²) in [7, 11) is 0. The molecule has 0 saturated carbocycles. The summed E-state index contributed by atoms with van der Waals surface area (Å²) in [4.78, 5) is 17.7. The number of hydrogen-bond acceptors (Lipinski definition) is 2. The van der Waals surface area contributed by atoms with Crippen molar-refractivity contribution in [3.63, 3.8) is 0 Å². The molecule has 4 rings (SSSR count). The van der Waals surface area contributed by atoms with Gasteiger partial charge in [-0.15, -0.1) is 0 Å². The second-order valence-electron chi connectivity index (χ2n) is 7.60. The van der Waals surface area contributed by atoms with Gasteiger partial charge in [-0.3, -0.25) is 9.69 Å². The molecule has 1 aliphatic heterocycles. The van der Waals surface area contributed by atoms with Gasteiger partial charge in [-0.1, -0.05) is 89.9 Å². The SMILES string of the molecule is O=C(/C(=C\c1ccccc1)c1ccccc1)N1CCN(Cc2c(Cl)cccc2Cl)CC1. The van der Waals surface area contributed by atoms with Crippen molar-refractivity contribution in [2.24, 2.45) is 0 Å². The lowest BCUT2D eigenvalue weighted by Gasteiger charge is -2.35. The van der Waals surface area contributed by atoms with E-state index >= 15 is 0 Å². The lowest BCUT2D eigenvalue weighted by atomic mass is 10.0. The summed E-state index contributed by atoms with van der Waals surface area (Å²) in [5.41, 5.74) is 3.61. The van der Waals surface area contributed by atoms with Gasteiger partial charge in [0.2, 0.25) is 0 Å². The van der Waals surface area contributed by atoms with E-state index < -0.39 is 0 Å². The smallest absolute Gasteiger partial charge is 0.254 e. The molecule has 0 atom stereocenters. The molecule has 1 fully saturated rings. The van der Waals surface area contributed by atoms with Gasteiger partial charge in [0.1, 0.15) is 0 Å². The van der Waals surface area contributed by atoms with Gasteiger partial charge in [-0.05, 0) is 29.3 Å². The predicted octanol–water partition coefficient (Wildman–Crippen LogP) is 5.88. The van der Waals surface area contributed by atoms with E-state index in [9.17, 15) is 4.79 Å². The van der Waals surface area contributed by atoms with E-state index in [2.05, 4.69) is 4.90 Å². The number of benzene rings is 3. The van der Waals surface area contributed by atoms with Gasteiger partial charge in [-0.25, -0.2) is 0 Å². The highest BCUT2D eigenvalue weighted by Crippen LogP contribution is 2.27. The van der Waals surface area contributed by atoms with Crippen molar-refractivity contribution in [3.8, 4) is 0 Å². The average Bonchev–Trinajstić information content (AvgIpc) is 2.81. The van der Waals surface area contributed by atoms with E-state index in [1.807, 2.05) is 89.8 Å². The molecule has 1 saturated heterocycles. The molecule has 1 amide bonds. The first-order valence-corrected chi connectivity index (χ1v) is 11.1. The van der Waals surface area contributed by atoms with E-state index in [1.165, 1.54) is 0 Å². The normalized spacial score (nSPS) is 15.2. The quantitative estimate of drug-likeness (QED) is 0.357. The Kier molecular flexibility index (Phi) is 7.08. The minimum atomic E-state index is 0.0606. The van der Waals surface area contributed by atoms with E-state index in [1.54, 1.807) is 0 Å². The highest BCUT2D eigenvalue weighted by molar-refractivity contribution is 6.36. The average molecular weight is 451 g/mol. The van der Waals surface area contributed by atoms with Crippen molar-refractivity contribution in [1.82, 2.24) is 9.80 Å². The summed E-state index contributed by atoms with van der Waals surface area (Å²) in [6.45, 7) is 3.58. The van der Waals surface area contributed by atoms with Crippen LogP contribution in [0.4, 0.5) is 0 Å². The van der Waals surface area contributed by atoms with E-state index in [0.29, 0.717) is 29.7 Å². The Hall–Kier alpha value is -2.59. The Balaban J connectivity index is 1.48. The molecule has 5 heteroatoms. The number of carbonyl (C=O) groups excluding carboxylic acids is 1. The molecular formula is C26H24Cl2N2O. The van der Waals surface area contributed by atoms with Crippen LogP contribution in [0, 0.1) is 0 Å². The first-order chi connectivity index (χ1) is 15.1. The number of piperazine rings is 1. The number of hydrogen-bond donors (Lipinski definition) is 0. The van der Waals surface area contributed by atoms with Gasteiger partial charge in [0, 0.05) is 53.9 Å². The maximum Gasteiger partial charge on any atom is 0.254 e. The number of nitrogens with zero attached hydrogens (tertiary/aromatic N) is 2. The molecule has 0 aliphatic carbocycles. The minimum absolute atomic E-state index is 0.0606. The molecule has 158 valence electrons. The maximum atomic E-state index is 13.5. The standard InChI is InChI=1S/C26H24Cl2N2O/c27-24-12-7-13-25(28)23(24)19-29-14-16-30(17-15-29)26(31)22(21-10-5-2-6-11-21)18-20-8-3-1-4-9-20/h1-13,18H,14-17,19H2/b22-18-. The highest BCUT2D eigenvalue weighted by Gasteiger charge is 2.25. The van der Waals surface area contributed by atoms with Crippen molar-refractivity contribution in [2.45, 2.75) is 6.54 Å². The summed E-state index contributed by atoms with van der Waals surface area (Å²) in [5, 5.41) is 1.37. The maximum absolute atomic E-state index is 13.5. The van der Waals surface area contributed by atoms with Crippen LogP contribution in [-0.4, -0.2) is 41.9 Å². The second-order valence-corrected chi connectivity index (χ2v) is 8.42. The van der Waals surface area contributed by atoms with Crippen LogP contribution in [0.3, 0.4) is 0 Å². The van der Waals surface area contributed by atoms with Crippen LogP contribution in [0.15, 0.2) is 78.9 Å². The predicted molar refractivity (Wildman–Crippen MR) is 129 cm³/mol. The monoisotopic (exact) mass is 450 g/mol. The molecule has 0 radical (unpaired) electrons. The minimum Gasteiger partial charge on any atom is -0.336 e. The van der Waals surface area contributed by atoms with Gasteiger partial charge in [-0.2, -0.15) is 0 Å². The van der Waals surface area contributed by atoms with E-state index in [-0.39, 0.29) is 5.91 Å². The van der Waals surface area contributed by atoms with Gasteiger partial charge in [0.15, 0.2) is 0 Å². The van der Waals surface area contributed by atoms with Crippen LogP contribution in [0.1, 0.15) is 16.7 Å². The molecule has 3 aromatic carbocycles. The molecular weight excluding hydrogens is 427 g/mol. The largest absolute Gasteiger partial charge is 0.336 e. The lowest BCUT2D eigenvalue weighted by molar-refractivity contribution is -0.126. The zero-order valence-electron chi connectivity index (χ0n) is 17.2. The molecule has 0 aromatic heterocycles. The summed E-state index contributed by atoms with van der Waals surface area (Å²) < 4.78 is 0. The molecule has 0 bridgehead atoms. The summed E-state index contributed by atoms with van der Waals surface area (Å²) in [5.74, 6) is 0.0606. The van der Waals surface area contributed by atoms with Crippen LogP contribution in [0.25, 0.3) is 11.6 Å². The topological polar surface area (TPSA) is 23.6 Å². The van der Waals surface area contributed by atoms with E-state index in [0.717, 1.165) is 35.4 Å². The highest BCUT2D eigenvalue weighted by atomic mass is 35.5. The second kappa shape index (κ2) is 10.1. The Morgan fingerprint density at radius 3 is 1.97 bits per heavy atom. The van der Waals surface area contributed by atoms with Crippen molar-refractivity contribution in [3.05, 3.63) is 106 Å². The Morgan fingerprint density at radius 2 is 1.35 bits per heavy atom. The van der Waals surface area contributed by atoms with Crippen LogP contribution in [-0.2, 0) is 11.3 Å². The molecule has 1 heterocycles. The van der Waals surface area contributed by atoms with Crippen LogP contribution in [0.2, 0.25) is 10.0 Å². The fourth-order valence-electron chi connectivity index (χ4n) is 3.79. The Bertz CT molecular complexity index is 1040. The van der Waals surface area contributed by atoms with Gasteiger partial charge >= 0.3 is 0 Å². The lowest BCUT2D eigenvalue weighted by Crippen LogP contribution is -2.48. The molecule has 0 N–H and O–H groups in total. The van der Waals surface area contributed by atoms with Crippen LogP contribution < -0.4 is 0 Å². The summed E-state index contributed by atoms with van der Waals surface area (Å²) >= 11 is 12.7. The third kappa shape index (κ3) is 5.37. The first-order valence-electron chi connectivity index (χ1n) is 10.4. The number of rotatable bonds is 5. The third-order valence-corrected chi connectivity index (χ3v) is 6.24. The molecule has 0 spiro atoms. The number of amides is 1. The van der Waals surface area contributed by atoms with Gasteiger partial charge in [0.05, 0.1) is 0 Å². The molecule has 3 aromatic rings. The fraction of sp³-hybridized carbons (Fsp3) is 0.192. The van der Waals surface area contributed by atoms with Crippen molar-refractivity contribution >= 4 is 40.8 Å². The zero-order chi connectivity index (χ0) is 21.6. The molecule has 3 nitrogen and oxygen atoms in total. The fourth-order valence-corrected chi connectivity index (χ4v) is 4.31. The first kappa shape index (κ1) is 21.6. The van der Waals surface area contributed by atoms with Crippen molar-refractivity contribution in [2.75, 3.05) is 26.2 Å². The van der Waals surface area contributed by atoms with Gasteiger partial charge < -0.3 is 4.90 Å². The Morgan fingerprint density at radius 1 is 0.774 bits per heavy atom. The molecule has 0 unspecified atom stereocenters. The number of carbonyl (C=O) groups is 1. The van der Waals surface area contributed by atoms with Crippen molar-refractivity contribution in [1.29, 1.82) is 0 Å². The van der Waals surface area contributed by atoms with Crippen LogP contribution >= 0.6 is 23.2 Å². The Labute approximate surface area is 193 Å². The third-order valence-electron chi connectivity index (χ3n) is 5.53.